The van der Waals surface area contributed by atoms with Crippen LogP contribution in [0.25, 0.3) is 0 Å². The summed E-state index contributed by atoms with van der Waals surface area (Å²) in [5.74, 6) is 0. The Morgan fingerprint density at radius 3 is 1.77 bits per heavy atom. The van der Waals surface area contributed by atoms with Gasteiger partial charge in [0.15, 0.2) is 0 Å². The minimum absolute atomic E-state index is 0.619. The molecule has 1 nitrogen and oxygen atoms in total. The third kappa shape index (κ3) is 5.64. The van der Waals surface area contributed by atoms with Crippen LogP contribution < -0.4 is 0 Å². The van der Waals surface area contributed by atoms with Gasteiger partial charge >= 0.3 is 0 Å². The van der Waals surface area contributed by atoms with E-state index in [9.17, 15) is 0 Å². The van der Waals surface area contributed by atoms with Crippen molar-refractivity contribution in [2.45, 2.75) is 40.2 Å². The molecule has 0 aliphatic rings. The van der Waals surface area contributed by atoms with Crippen LogP contribution in [0.1, 0.15) is 34.1 Å². The normalized spacial score (nSPS) is 13.0. The summed E-state index contributed by atoms with van der Waals surface area (Å²) >= 11 is 0. The first kappa shape index (κ1) is 12.4. The minimum Gasteiger partial charge on any atom is -0.293 e. The molecule has 0 rings (SSSR count). The highest BCUT2D eigenvalue weighted by Crippen LogP contribution is 2.08. The molecule has 0 heterocycles. The number of rotatable bonds is 6. The highest BCUT2D eigenvalue weighted by atomic mass is 15.1. The quantitative estimate of drug-likeness (QED) is 0.569. The Kier molecular flexibility index (Phi) is 5.72. The Hall–Kier alpha value is -0.560. The largest absolute Gasteiger partial charge is 0.293 e. The molecular weight excluding hydrogens is 158 g/mol. The summed E-state index contributed by atoms with van der Waals surface area (Å²) in [5, 5.41) is 0. The Balaban J connectivity index is 4.17. The van der Waals surface area contributed by atoms with Crippen LogP contribution in [0.2, 0.25) is 0 Å². The summed E-state index contributed by atoms with van der Waals surface area (Å²) in [7, 11) is 0. The molecule has 0 aromatic heterocycles. The van der Waals surface area contributed by atoms with E-state index in [4.69, 9.17) is 0 Å². The van der Waals surface area contributed by atoms with Gasteiger partial charge in [-0.25, -0.2) is 0 Å². The van der Waals surface area contributed by atoms with Gasteiger partial charge in [-0.2, -0.15) is 0 Å². The van der Waals surface area contributed by atoms with Gasteiger partial charge in [-0.3, -0.25) is 4.90 Å². The van der Waals surface area contributed by atoms with Crippen LogP contribution in [-0.4, -0.2) is 24.0 Å². The molecule has 0 N–H and O–H groups in total. The second-order valence-electron chi connectivity index (χ2n) is 4.08. The van der Waals surface area contributed by atoms with Crippen molar-refractivity contribution in [1.82, 2.24) is 4.90 Å². The molecule has 1 atom stereocenters. The molecule has 0 amide bonds. The van der Waals surface area contributed by atoms with Crippen LogP contribution in [-0.2, 0) is 0 Å². The molecule has 0 aliphatic heterocycles. The average Bonchev–Trinajstić information content (AvgIpc) is 2.00. The van der Waals surface area contributed by atoms with E-state index in [2.05, 4.69) is 45.8 Å². The minimum atomic E-state index is 0.619. The zero-order valence-corrected chi connectivity index (χ0v) is 9.56. The Labute approximate surface area is 83.1 Å². The Morgan fingerprint density at radius 2 is 1.54 bits per heavy atom. The van der Waals surface area contributed by atoms with Gasteiger partial charge in [-0.1, -0.05) is 31.2 Å². The third-order valence-corrected chi connectivity index (χ3v) is 2.16. The fraction of sp³-hybridized carbons (Fsp3) is 0.667. The molecule has 0 aromatic rings. The van der Waals surface area contributed by atoms with Gasteiger partial charge in [-0.05, 0) is 27.2 Å². The predicted octanol–water partition coefficient (Wildman–Crippen LogP) is 3.24. The van der Waals surface area contributed by atoms with Crippen LogP contribution in [0.5, 0.6) is 0 Å². The maximum absolute atomic E-state index is 3.95. The van der Waals surface area contributed by atoms with Crippen molar-refractivity contribution in [3.63, 3.8) is 0 Å². The Bertz CT molecular complexity index is 166. The van der Waals surface area contributed by atoms with Gasteiger partial charge in [0.2, 0.25) is 0 Å². The first-order valence-electron chi connectivity index (χ1n) is 5.00. The number of hydrogen-bond donors (Lipinski definition) is 0. The Morgan fingerprint density at radius 1 is 1.15 bits per heavy atom. The molecule has 0 saturated heterocycles. The lowest BCUT2D eigenvalue weighted by Gasteiger charge is -2.28. The lowest BCUT2D eigenvalue weighted by Crippen LogP contribution is -2.35. The molecule has 0 aliphatic carbocycles. The van der Waals surface area contributed by atoms with E-state index >= 15 is 0 Å². The topological polar surface area (TPSA) is 3.24 Å². The maximum Gasteiger partial charge on any atom is 0.0193 e. The van der Waals surface area contributed by atoms with E-state index in [1.54, 1.807) is 0 Å². The SMILES string of the molecule is C=C(C)CN(CC(=C)C)C(C)CC. The molecule has 0 bridgehead atoms. The van der Waals surface area contributed by atoms with E-state index in [0.29, 0.717) is 6.04 Å². The van der Waals surface area contributed by atoms with Gasteiger partial charge in [0.1, 0.15) is 0 Å². The van der Waals surface area contributed by atoms with Gasteiger partial charge in [0.05, 0.1) is 0 Å². The molecule has 0 aromatic carbocycles. The number of hydrogen-bond acceptors (Lipinski definition) is 1. The summed E-state index contributed by atoms with van der Waals surface area (Å²) < 4.78 is 0. The van der Waals surface area contributed by atoms with E-state index < -0.39 is 0 Å². The monoisotopic (exact) mass is 181 g/mol. The van der Waals surface area contributed by atoms with Crippen LogP contribution >= 0.6 is 0 Å². The van der Waals surface area contributed by atoms with Crippen molar-refractivity contribution >= 4 is 0 Å². The van der Waals surface area contributed by atoms with Gasteiger partial charge in [0.25, 0.3) is 0 Å². The summed E-state index contributed by atoms with van der Waals surface area (Å²) in [4.78, 5) is 2.42. The van der Waals surface area contributed by atoms with E-state index in [-0.39, 0.29) is 0 Å². The van der Waals surface area contributed by atoms with Crippen molar-refractivity contribution in [2.75, 3.05) is 13.1 Å². The molecule has 1 heteroatoms. The molecule has 1 unspecified atom stereocenters. The smallest absolute Gasteiger partial charge is 0.0193 e. The molecule has 0 fully saturated rings. The summed E-state index contributed by atoms with van der Waals surface area (Å²) in [6.45, 7) is 18.5. The fourth-order valence-electron chi connectivity index (χ4n) is 1.32. The van der Waals surface area contributed by atoms with Crippen molar-refractivity contribution < 1.29 is 0 Å². The standard InChI is InChI=1S/C12H23N/c1-7-12(6)13(8-10(2)3)9-11(4)5/h12H,2,4,7-9H2,1,3,5-6H3. The molecule has 0 spiro atoms. The predicted molar refractivity (Wildman–Crippen MR) is 61.0 cm³/mol. The van der Waals surface area contributed by atoms with Crippen LogP contribution in [0, 0.1) is 0 Å². The van der Waals surface area contributed by atoms with E-state index in [0.717, 1.165) is 13.1 Å². The summed E-state index contributed by atoms with van der Waals surface area (Å²) in [6.07, 6.45) is 1.18. The molecule has 13 heavy (non-hydrogen) atoms. The highest BCUT2D eigenvalue weighted by Gasteiger charge is 2.11. The lowest BCUT2D eigenvalue weighted by molar-refractivity contribution is 0.240. The molecular formula is C12H23N. The molecule has 0 radical (unpaired) electrons. The van der Waals surface area contributed by atoms with Crippen molar-refractivity contribution in [3.05, 3.63) is 24.3 Å². The summed E-state index contributed by atoms with van der Waals surface area (Å²) in [6, 6.07) is 0.619. The third-order valence-electron chi connectivity index (χ3n) is 2.16. The van der Waals surface area contributed by atoms with Gasteiger partial charge < -0.3 is 0 Å². The lowest BCUT2D eigenvalue weighted by atomic mass is 10.1. The first-order chi connectivity index (χ1) is 5.97. The number of nitrogens with zero attached hydrogens (tertiary/aromatic N) is 1. The molecule has 0 saturated carbocycles. The second-order valence-corrected chi connectivity index (χ2v) is 4.08. The average molecular weight is 181 g/mol. The van der Waals surface area contributed by atoms with Crippen molar-refractivity contribution in [1.29, 1.82) is 0 Å². The van der Waals surface area contributed by atoms with Crippen molar-refractivity contribution in [3.8, 4) is 0 Å². The zero-order valence-electron chi connectivity index (χ0n) is 9.56. The van der Waals surface area contributed by atoms with E-state index in [1.807, 2.05) is 0 Å². The molecule has 76 valence electrons. The van der Waals surface area contributed by atoms with Crippen LogP contribution in [0.15, 0.2) is 24.3 Å². The van der Waals surface area contributed by atoms with Crippen LogP contribution in [0.4, 0.5) is 0 Å². The van der Waals surface area contributed by atoms with Crippen LogP contribution in [0.3, 0.4) is 0 Å². The fourth-order valence-corrected chi connectivity index (χ4v) is 1.32. The van der Waals surface area contributed by atoms with Gasteiger partial charge in [-0.15, -0.1) is 0 Å². The first-order valence-corrected chi connectivity index (χ1v) is 5.00. The van der Waals surface area contributed by atoms with Gasteiger partial charge in [0, 0.05) is 19.1 Å². The summed E-state index contributed by atoms with van der Waals surface area (Å²) in [5.41, 5.74) is 2.45. The van der Waals surface area contributed by atoms with E-state index in [1.165, 1.54) is 17.6 Å². The van der Waals surface area contributed by atoms with Crippen molar-refractivity contribution in [2.24, 2.45) is 0 Å². The maximum atomic E-state index is 3.95. The highest BCUT2D eigenvalue weighted by molar-refractivity contribution is 4.98. The zero-order chi connectivity index (χ0) is 10.4. The second kappa shape index (κ2) is 5.98.